The summed E-state index contributed by atoms with van der Waals surface area (Å²) >= 11 is 0. The van der Waals surface area contributed by atoms with Crippen molar-refractivity contribution in [3.05, 3.63) is 240 Å². The second kappa shape index (κ2) is 14.1. The first-order valence-corrected chi connectivity index (χ1v) is 22.8. The lowest BCUT2D eigenvalue weighted by molar-refractivity contribution is 0.558. The van der Waals surface area contributed by atoms with E-state index in [0.29, 0.717) is 22.9 Å². The van der Waals surface area contributed by atoms with Gasteiger partial charge in [0.25, 0.3) is 0 Å². The molecule has 0 radical (unpaired) electrons. The number of anilines is 6. The third kappa shape index (κ3) is 5.32. The second-order valence-electron chi connectivity index (χ2n) is 17.7. The summed E-state index contributed by atoms with van der Waals surface area (Å²) in [5.74, 6) is 1.16. The standard InChI is InChI=1S/C61H40N4O2/c1-37-62-57-53(64(43-21-5-3-6-22-43)45-31-29-39-17-9-11-19-41(39)33-45)35-51-55(59(57)66-37)56-52(61(51)49-27-15-13-25-47(49)48-26-14-16-28-50(48)61)36-54(58-60(56)67-38(2)63-58)65(44-23-7-4-8-24-44)46-32-30-40-18-10-12-20-42(40)34-46/h3-36H,1-2H3. The Balaban J connectivity index is 1.14. The molecule has 0 saturated heterocycles. The van der Waals surface area contributed by atoms with Crippen LogP contribution in [0.4, 0.5) is 34.1 Å². The fraction of sp³-hybridized carbons (Fsp3) is 0.0492. The van der Waals surface area contributed by atoms with Crippen molar-refractivity contribution in [3.8, 4) is 22.3 Å². The molecule has 316 valence electrons. The van der Waals surface area contributed by atoms with E-state index in [4.69, 9.17) is 18.8 Å². The van der Waals surface area contributed by atoms with E-state index in [1.807, 2.05) is 13.8 Å². The van der Waals surface area contributed by atoms with Gasteiger partial charge in [-0.15, -0.1) is 0 Å². The number of benzene rings is 10. The van der Waals surface area contributed by atoms with E-state index < -0.39 is 5.41 Å². The number of para-hydroxylation sites is 2. The first kappa shape index (κ1) is 37.6. The van der Waals surface area contributed by atoms with Crippen LogP contribution < -0.4 is 9.80 Å². The highest BCUT2D eigenvalue weighted by Gasteiger charge is 2.55. The van der Waals surface area contributed by atoms with Crippen molar-refractivity contribution in [2.45, 2.75) is 19.3 Å². The van der Waals surface area contributed by atoms with Gasteiger partial charge in [0.05, 0.1) is 16.8 Å². The van der Waals surface area contributed by atoms with Gasteiger partial charge in [0.1, 0.15) is 11.0 Å². The first-order chi connectivity index (χ1) is 33.0. The van der Waals surface area contributed by atoms with Gasteiger partial charge in [-0.2, -0.15) is 0 Å². The summed E-state index contributed by atoms with van der Waals surface area (Å²) in [6.45, 7) is 3.90. The van der Waals surface area contributed by atoms with Gasteiger partial charge in [0.2, 0.25) is 0 Å². The van der Waals surface area contributed by atoms with E-state index in [1.54, 1.807) is 0 Å². The van der Waals surface area contributed by atoms with Gasteiger partial charge in [-0.1, -0.05) is 146 Å². The van der Waals surface area contributed by atoms with Crippen LogP contribution in [-0.4, -0.2) is 9.97 Å². The molecule has 6 heteroatoms. The van der Waals surface area contributed by atoms with Crippen molar-refractivity contribution in [1.29, 1.82) is 0 Å². The molecule has 6 nitrogen and oxygen atoms in total. The molecular weight excluding hydrogens is 821 g/mol. The summed E-state index contributed by atoms with van der Waals surface area (Å²) in [5, 5.41) is 4.67. The number of hydrogen-bond acceptors (Lipinski definition) is 6. The van der Waals surface area contributed by atoms with Crippen LogP contribution in [0.15, 0.2) is 215 Å². The van der Waals surface area contributed by atoms with Gasteiger partial charge in [-0.25, -0.2) is 9.97 Å². The Morgan fingerprint density at radius 3 is 1.19 bits per heavy atom. The topological polar surface area (TPSA) is 58.5 Å². The van der Waals surface area contributed by atoms with Crippen LogP contribution >= 0.6 is 0 Å². The van der Waals surface area contributed by atoms with Gasteiger partial charge >= 0.3 is 0 Å². The number of oxazole rings is 2. The summed E-state index contributed by atoms with van der Waals surface area (Å²) in [6.07, 6.45) is 0. The Labute approximate surface area is 386 Å². The van der Waals surface area contributed by atoms with Crippen molar-refractivity contribution in [2.75, 3.05) is 9.80 Å². The zero-order valence-electron chi connectivity index (χ0n) is 36.7. The molecule has 14 rings (SSSR count). The number of fused-ring (bicyclic) bond motifs is 16. The maximum atomic E-state index is 6.98. The molecule has 10 aromatic carbocycles. The smallest absolute Gasteiger partial charge is 0.192 e. The van der Waals surface area contributed by atoms with Crippen LogP contribution in [0, 0.1) is 13.8 Å². The molecule has 2 aliphatic carbocycles. The summed E-state index contributed by atoms with van der Waals surface area (Å²) < 4.78 is 14.0. The van der Waals surface area contributed by atoms with Crippen LogP contribution in [0.1, 0.15) is 34.0 Å². The number of aryl methyl sites for hydroxylation is 2. The molecule has 1 spiro atoms. The fourth-order valence-electron chi connectivity index (χ4n) is 11.4. The van der Waals surface area contributed by atoms with Crippen LogP contribution in [0.3, 0.4) is 0 Å². The van der Waals surface area contributed by atoms with Crippen LogP contribution in [0.2, 0.25) is 0 Å². The zero-order valence-corrected chi connectivity index (χ0v) is 36.7. The minimum atomic E-state index is -0.803. The SMILES string of the molecule is Cc1nc2c(N(c3ccccc3)c3ccc4ccccc4c3)cc3c(c2o1)-c1c(cc(N(c2ccccc2)c2ccc4ccccc4c2)c2nc(C)oc12)C31c2ccccc2-c2ccccc21. The van der Waals surface area contributed by atoms with Gasteiger partial charge in [0, 0.05) is 47.7 Å². The molecule has 0 saturated carbocycles. The van der Waals surface area contributed by atoms with Gasteiger partial charge in [0.15, 0.2) is 22.9 Å². The Morgan fingerprint density at radius 1 is 0.358 bits per heavy atom. The maximum absolute atomic E-state index is 6.98. The van der Waals surface area contributed by atoms with Gasteiger partial charge in [-0.05, 0) is 116 Å². The highest BCUT2D eigenvalue weighted by atomic mass is 16.4. The summed E-state index contributed by atoms with van der Waals surface area (Å²) in [4.78, 5) is 15.2. The molecular formula is C61H40N4O2. The third-order valence-electron chi connectivity index (χ3n) is 14.0. The average molecular weight is 861 g/mol. The van der Waals surface area contributed by atoms with Crippen molar-refractivity contribution >= 4 is 77.9 Å². The molecule has 67 heavy (non-hydrogen) atoms. The number of rotatable bonds is 6. The highest BCUT2D eigenvalue weighted by molar-refractivity contribution is 6.15. The Morgan fingerprint density at radius 2 is 0.746 bits per heavy atom. The normalized spacial score (nSPS) is 13.0. The lowest BCUT2D eigenvalue weighted by atomic mass is 9.70. The molecule has 0 N–H and O–H groups in total. The monoisotopic (exact) mass is 860 g/mol. The van der Waals surface area contributed by atoms with E-state index >= 15 is 0 Å². The molecule has 0 fully saturated rings. The first-order valence-electron chi connectivity index (χ1n) is 22.8. The molecule has 12 aromatic rings. The second-order valence-corrected chi connectivity index (χ2v) is 17.7. The Bertz CT molecular complexity index is 3720. The molecule has 0 aliphatic heterocycles. The minimum Gasteiger partial charge on any atom is -0.440 e. The van der Waals surface area contributed by atoms with Crippen molar-refractivity contribution in [3.63, 3.8) is 0 Å². The lowest BCUT2D eigenvalue weighted by Crippen LogP contribution is -2.26. The molecule has 0 atom stereocenters. The van der Waals surface area contributed by atoms with Crippen molar-refractivity contribution < 1.29 is 8.83 Å². The largest absolute Gasteiger partial charge is 0.440 e. The van der Waals surface area contributed by atoms with Crippen molar-refractivity contribution in [1.82, 2.24) is 9.97 Å². The number of aromatic nitrogens is 2. The van der Waals surface area contributed by atoms with Gasteiger partial charge in [-0.3, -0.25) is 0 Å². The van der Waals surface area contributed by atoms with Crippen molar-refractivity contribution in [2.24, 2.45) is 0 Å². The summed E-state index contributed by atoms with van der Waals surface area (Å²) in [5.41, 5.74) is 17.0. The zero-order chi connectivity index (χ0) is 44.4. The van der Waals surface area contributed by atoms with E-state index in [1.165, 1.54) is 33.0 Å². The van der Waals surface area contributed by atoms with Gasteiger partial charge < -0.3 is 18.6 Å². The predicted molar refractivity (Wildman–Crippen MR) is 272 cm³/mol. The minimum absolute atomic E-state index is 0.582. The summed E-state index contributed by atoms with van der Waals surface area (Å²) in [6, 6.07) is 74.3. The molecule has 0 unspecified atom stereocenters. The number of hydrogen-bond donors (Lipinski definition) is 0. The van der Waals surface area contributed by atoms with Crippen LogP contribution in [0.5, 0.6) is 0 Å². The van der Waals surface area contributed by atoms with E-state index in [0.717, 1.165) is 78.2 Å². The summed E-state index contributed by atoms with van der Waals surface area (Å²) in [7, 11) is 0. The molecule has 2 heterocycles. The number of nitrogens with zero attached hydrogens (tertiary/aromatic N) is 4. The van der Waals surface area contributed by atoms with E-state index in [9.17, 15) is 0 Å². The average Bonchev–Trinajstić information content (AvgIpc) is 4.12. The Kier molecular flexibility index (Phi) is 7.93. The maximum Gasteiger partial charge on any atom is 0.192 e. The highest BCUT2D eigenvalue weighted by Crippen LogP contribution is 2.67. The van der Waals surface area contributed by atoms with E-state index in [-0.39, 0.29) is 0 Å². The van der Waals surface area contributed by atoms with E-state index in [2.05, 4.69) is 216 Å². The predicted octanol–water partition coefficient (Wildman–Crippen LogP) is 16.2. The Hall–Kier alpha value is -8.74. The molecule has 2 aliphatic rings. The molecule has 2 aromatic heterocycles. The third-order valence-corrected chi connectivity index (χ3v) is 14.0. The quantitative estimate of drug-likeness (QED) is 0.166. The molecule has 0 bridgehead atoms. The van der Waals surface area contributed by atoms with Crippen LogP contribution in [0.25, 0.3) is 66.0 Å². The fourth-order valence-corrected chi connectivity index (χ4v) is 11.4. The lowest BCUT2D eigenvalue weighted by Gasteiger charge is -2.33. The van der Waals surface area contributed by atoms with Crippen LogP contribution in [-0.2, 0) is 5.41 Å². The molecule has 0 amide bonds.